The maximum atomic E-state index is 11.1. The highest BCUT2D eigenvalue weighted by molar-refractivity contribution is 5.81. The number of carbonyl (C=O) groups excluding carboxylic acids is 2. The fourth-order valence-corrected chi connectivity index (χ4v) is 0.888. The van der Waals surface area contributed by atoms with Crippen molar-refractivity contribution in [3.63, 3.8) is 0 Å². The van der Waals surface area contributed by atoms with Crippen molar-refractivity contribution < 1.29 is 14.0 Å². The molecule has 0 amide bonds. The molecule has 5 heteroatoms. The molecule has 0 bridgehead atoms. The molecule has 0 aliphatic rings. The second-order valence-electron chi connectivity index (χ2n) is 2.43. The summed E-state index contributed by atoms with van der Waals surface area (Å²) >= 11 is 0. The van der Waals surface area contributed by atoms with Crippen molar-refractivity contribution in [3.05, 3.63) is 24.9 Å². The van der Waals surface area contributed by atoms with Crippen molar-refractivity contribution in [1.29, 1.82) is 0 Å². The van der Waals surface area contributed by atoms with Gasteiger partial charge in [0.1, 0.15) is 12.5 Å². The lowest BCUT2D eigenvalue weighted by atomic mass is 10.6. The minimum Gasteiger partial charge on any atom is -0.469 e. The molecule has 0 saturated heterocycles. The molecule has 0 aliphatic heterocycles. The Bertz CT molecular complexity index is 335. The van der Waals surface area contributed by atoms with Crippen molar-refractivity contribution in [2.75, 3.05) is 0 Å². The topological polar surface area (TPSA) is 57.1 Å². The van der Waals surface area contributed by atoms with Crippen LogP contribution in [0.3, 0.4) is 0 Å². The van der Waals surface area contributed by atoms with Crippen LogP contribution in [0.15, 0.2) is 29.3 Å². The van der Waals surface area contributed by atoms with E-state index in [0.717, 1.165) is 9.36 Å². The summed E-state index contributed by atoms with van der Waals surface area (Å²) in [4.78, 5) is 22.1. The van der Waals surface area contributed by atoms with Crippen LogP contribution in [0.2, 0.25) is 0 Å². The van der Waals surface area contributed by atoms with Gasteiger partial charge in [-0.15, -0.1) is 0 Å². The van der Waals surface area contributed by atoms with E-state index in [0.29, 0.717) is 0 Å². The van der Waals surface area contributed by atoms with Crippen LogP contribution in [-0.4, -0.2) is 21.2 Å². The normalized spacial score (nSPS) is 9.38. The van der Waals surface area contributed by atoms with Crippen LogP contribution in [0.1, 0.15) is 23.4 Å². The first-order valence-electron chi connectivity index (χ1n) is 3.71. The lowest BCUT2D eigenvalue weighted by molar-refractivity contribution is 0.0818. The van der Waals surface area contributed by atoms with Crippen molar-refractivity contribution in [2.24, 2.45) is 0 Å². The van der Waals surface area contributed by atoms with Gasteiger partial charge < -0.3 is 4.42 Å². The quantitative estimate of drug-likeness (QED) is 0.608. The van der Waals surface area contributed by atoms with Crippen LogP contribution in [0, 0.1) is 0 Å². The molecule has 70 valence electrons. The zero-order chi connectivity index (χ0) is 9.84. The first-order valence-corrected chi connectivity index (χ1v) is 3.71. The van der Waals surface area contributed by atoms with E-state index in [1.165, 1.54) is 38.8 Å². The first-order chi connectivity index (χ1) is 6.13. The molecular weight excluding hydrogens is 172 g/mol. The third kappa shape index (κ3) is 2.08. The smallest absolute Gasteiger partial charge is 0.242 e. The van der Waals surface area contributed by atoms with E-state index >= 15 is 0 Å². The number of rotatable bonds is 0. The van der Waals surface area contributed by atoms with Gasteiger partial charge in [-0.3, -0.25) is 9.59 Å². The Morgan fingerprint density at radius 2 is 1.38 bits per heavy atom. The summed E-state index contributed by atoms with van der Waals surface area (Å²) in [5.41, 5.74) is 0. The molecule has 1 rings (SSSR count). The SMILES string of the molecule is CC(=O)n1ccoccn1C(C)=O. The largest absolute Gasteiger partial charge is 0.469 e. The average molecular weight is 182 g/mol. The fourth-order valence-electron chi connectivity index (χ4n) is 0.888. The average Bonchev–Trinajstić information content (AvgIpc) is 2.27. The van der Waals surface area contributed by atoms with Gasteiger partial charge in [-0.05, 0) is 0 Å². The standard InChI is InChI=1S/C8H10N2O3/c1-7(11)9-3-5-13-6-4-10(9)8(2)12/h3-6H,1-2H3. The predicted molar refractivity (Wildman–Crippen MR) is 44.9 cm³/mol. The van der Waals surface area contributed by atoms with Crippen molar-refractivity contribution in [3.8, 4) is 0 Å². The molecule has 0 fully saturated rings. The Kier molecular flexibility index (Phi) is 2.69. The summed E-state index contributed by atoms with van der Waals surface area (Å²) in [6.45, 7) is 2.72. The molecule has 0 unspecified atom stereocenters. The van der Waals surface area contributed by atoms with Crippen molar-refractivity contribution in [1.82, 2.24) is 9.36 Å². The van der Waals surface area contributed by atoms with E-state index in [-0.39, 0.29) is 11.8 Å². The summed E-state index contributed by atoms with van der Waals surface area (Å²) in [6.07, 6.45) is 5.40. The highest BCUT2D eigenvalue weighted by Crippen LogP contribution is 1.90. The Labute approximate surface area is 74.9 Å². The van der Waals surface area contributed by atoms with Gasteiger partial charge in [-0.25, -0.2) is 9.36 Å². The van der Waals surface area contributed by atoms with Crippen LogP contribution in [0.25, 0.3) is 0 Å². The van der Waals surface area contributed by atoms with Gasteiger partial charge in [0.25, 0.3) is 0 Å². The van der Waals surface area contributed by atoms with Gasteiger partial charge in [0.15, 0.2) is 0 Å². The highest BCUT2D eigenvalue weighted by atomic mass is 16.3. The van der Waals surface area contributed by atoms with Crippen LogP contribution in [0.5, 0.6) is 0 Å². The monoisotopic (exact) mass is 182 g/mol. The lowest BCUT2D eigenvalue weighted by Crippen LogP contribution is -2.22. The van der Waals surface area contributed by atoms with Gasteiger partial charge in [0.2, 0.25) is 11.8 Å². The Hall–Kier alpha value is -1.78. The molecule has 1 aromatic heterocycles. The zero-order valence-corrected chi connectivity index (χ0v) is 7.43. The third-order valence-electron chi connectivity index (χ3n) is 1.44. The minimum atomic E-state index is -0.262. The second-order valence-corrected chi connectivity index (χ2v) is 2.43. The van der Waals surface area contributed by atoms with E-state index in [9.17, 15) is 9.59 Å². The molecule has 0 atom stereocenters. The summed E-state index contributed by atoms with van der Waals surface area (Å²) in [7, 11) is 0. The number of hydrogen-bond acceptors (Lipinski definition) is 3. The molecule has 0 N–H and O–H groups in total. The summed E-state index contributed by atoms with van der Waals surface area (Å²) in [5.74, 6) is -0.525. The maximum Gasteiger partial charge on any atom is 0.242 e. The van der Waals surface area contributed by atoms with Crippen molar-refractivity contribution >= 4 is 11.8 Å². The molecule has 0 aromatic carbocycles. The predicted octanol–water partition coefficient (Wildman–Crippen LogP) is 1.33. The summed E-state index contributed by atoms with van der Waals surface area (Å²) in [6, 6.07) is 0. The molecule has 0 radical (unpaired) electrons. The van der Waals surface area contributed by atoms with Crippen molar-refractivity contribution in [2.45, 2.75) is 13.8 Å². The van der Waals surface area contributed by atoms with E-state index in [2.05, 4.69) is 0 Å². The van der Waals surface area contributed by atoms with Gasteiger partial charge in [0.05, 0.1) is 12.4 Å². The fraction of sp³-hybridized carbons (Fsp3) is 0.250. The molecule has 0 aliphatic carbocycles. The van der Waals surface area contributed by atoms with Gasteiger partial charge in [0, 0.05) is 13.8 Å². The van der Waals surface area contributed by atoms with E-state index in [1.807, 2.05) is 0 Å². The molecule has 0 saturated carbocycles. The van der Waals surface area contributed by atoms with E-state index in [1.54, 1.807) is 0 Å². The number of nitrogens with zero attached hydrogens (tertiary/aromatic N) is 2. The Morgan fingerprint density at radius 1 is 1.00 bits per heavy atom. The molecule has 1 heterocycles. The molecule has 1 aromatic rings. The summed E-state index contributed by atoms with van der Waals surface area (Å²) in [5, 5.41) is 0. The van der Waals surface area contributed by atoms with Gasteiger partial charge in [-0.1, -0.05) is 0 Å². The Morgan fingerprint density at radius 3 is 1.69 bits per heavy atom. The minimum absolute atomic E-state index is 0.262. The molecular formula is C8H10N2O3. The maximum absolute atomic E-state index is 11.1. The third-order valence-corrected chi connectivity index (χ3v) is 1.44. The van der Waals surface area contributed by atoms with Gasteiger partial charge in [-0.2, -0.15) is 0 Å². The van der Waals surface area contributed by atoms with Crippen LogP contribution < -0.4 is 0 Å². The summed E-state index contributed by atoms with van der Waals surface area (Å²) < 4.78 is 7.12. The number of carbonyl (C=O) groups is 2. The van der Waals surface area contributed by atoms with E-state index in [4.69, 9.17) is 4.42 Å². The molecule has 0 spiro atoms. The van der Waals surface area contributed by atoms with Crippen LogP contribution >= 0.6 is 0 Å². The van der Waals surface area contributed by atoms with Gasteiger partial charge >= 0.3 is 0 Å². The molecule has 13 heavy (non-hydrogen) atoms. The lowest BCUT2D eigenvalue weighted by Gasteiger charge is -2.05. The number of aromatic nitrogens is 2. The van der Waals surface area contributed by atoms with Crippen LogP contribution in [0.4, 0.5) is 0 Å². The first kappa shape index (κ1) is 9.31. The molecule has 5 nitrogen and oxygen atoms in total. The second kappa shape index (κ2) is 3.75. The van der Waals surface area contributed by atoms with Crippen LogP contribution in [-0.2, 0) is 0 Å². The van der Waals surface area contributed by atoms with E-state index < -0.39 is 0 Å². The number of hydrogen-bond donors (Lipinski definition) is 0. The highest BCUT2D eigenvalue weighted by Gasteiger charge is 2.02. The zero-order valence-electron chi connectivity index (χ0n) is 7.43. The Balaban J connectivity index is 3.41.